The molecule has 0 fully saturated rings. The van der Waals surface area contributed by atoms with E-state index in [0.29, 0.717) is 19.3 Å². The molecule has 0 saturated carbocycles. The van der Waals surface area contributed by atoms with Gasteiger partial charge in [0.1, 0.15) is 6.10 Å². The van der Waals surface area contributed by atoms with Gasteiger partial charge in [0, 0.05) is 6.42 Å². The van der Waals surface area contributed by atoms with Crippen molar-refractivity contribution in [2.45, 2.75) is 277 Å². The highest BCUT2D eigenvalue weighted by Crippen LogP contribution is 2.17. The number of hydrogen-bond donors (Lipinski definition) is 3. The van der Waals surface area contributed by atoms with Gasteiger partial charge in [-0.1, -0.05) is 264 Å². The van der Waals surface area contributed by atoms with E-state index in [0.717, 1.165) is 89.9 Å². The van der Waals surface area contributed by atoms with Crippen LogP contribution in [0.15, 0.2) is 122 Å². The van der Waals surface area contributed by atoms with E-state index in [4.69, 9.17) is 4.74 Å². The van der Waals surface area contributed by atoms with Crippen LogP contribution in [0.1, 0.15) is 258 Å². The van der Waals surface area contributed by atoms with Crippen molar-refractivity contribution in [1.82, 2.24) is 5.32 Å². The van der Waals surface area contributed by atoms with E-state index in [1.165, 1.54) is 116 Å². The fourth-order valence-corrected chi connectivity index (χ4v) is 8.33. The Kier molecular flexibility index (Phi) is 55.1. The van der Waals surface area contributed by atoms with Gasteiger partial charge in [-0.15, -0.1) is 0 Å². The van der Waals surface area contributed by atoms with Gasteiger partial charge in [-0.05, 0) is 103 Å². The number of amides is 1. The Bertz CT molecular complexity index is 1490. The fraction of sp³-hybridized carbons (Fsp3) is 0.667. The maximum atomic E-state index is 13.3. The van der Waals surface area contributed by atoms with Crippen LogP contribution in [0.2, 0.25) is 0 Å². The zero-order valence-electron chi connectivity index (χ0n) is 46.8. The molecule has 72 heavy (non-hydrogen) atoms. The maximum absolute atomic E-state index is 13.3. The van der Waals surface area contributed by atoms with Crippen LogP contribution in [-0.4, -0.2) is 46.9 Å². The fourth-order valence-electron chi connectivity index (χ4n) is 8.33. The number of ether oxygens (including phenoxy) is 1. The third-order valence-electron chi connectivity index (χ3n) is 12.8. The van der Waals surface area contributed by atoms with Crippen molar-refractivity contribution in [3.63, 3.8) is 0 Å². The van der Waals surface area contributed by atoms with Gasteiger partial charge in [0.15, 0.2) is 0 Å². The lowest BCUT2D eigenvalue weighted by atomic mass is 10.0. The van der Waals surface area contributed by atoms with Crippen molar-refractivity contribution < 1.29 is 24.5 Å². The summed E-state index contributed by atoms with van der Waals surface area (Å²) in [5.41, 5.74) is 0. The number of allylic oxidation sites excluding steroid dienone is 20. The Hall–Kier alpha value is -3.74. The normalized spacial score (nSPS) is 14.0. The molecule has 0 aromatic heterocycles. The predicted molar refractivity (Wildman–Crippen MR) is 314 cm³/mol. The standard InChI is InChI=1S/C66H111NO5/c1-4-7-10-13-16-19-22-25-28-31-32-35-38-41-44-47-50-53-56-59-66(71)72-62(57-54-51-48-45-42-39-36-33-29-26-23-20-17-14-11-8-5-2)60-65(70)67-63(61-68)64(69)58-55-52-49-46-43-40-37-34-30-27-24-21-18-15-12-9-6-3/h7,10,16-17,19-20,25-26,28-29,32,35-36,39,41,44-45,48,50,53,62-64,68-69H,4-6,8-9,11-15,18,21-24,27,30-31,33-34,37-38,40,42-43,46-47,49,51-52,54-61H2,1-3H3,(H,67,70)/b10-7-,19-16-,20-17-,28-25-,29-26-,35-32-,39-36-,44-41-,48-45-,53-50-. The summed E-state index contributed by atoms with van der Waals surface area (Å²) in [6, 6.07) is -0.744. The quantitative estimate of drug-likeness (QED) is 0.0321. The van der Waals surface area contributed by atoms with Crippen LogP contribution in [-0.2, 0) is 14.3 Å². The molecule has 0 rings (SSSR count). The largest absolute Gasteiger partial charge is 0.462 e. The second-order valence-corrected chi connectivity index (χ2v) is 19.7. The number of aliphatic hydroxyl groups is 2. The molecule has 0 saturated heterocycles. The van der Waals surface area contributed by atoms with Gasteiger partial charge in [-0.25, -0.2) is 0 Å². The molecule has 0 aromatic carbocycles. The van der Waals surface area contributed by atoms with E-state index < -0.39 is 18.2 Å². The van der Waals surface area contributed by atoms with Crippen LogP contribution in [0.5, 0.6) is 0 Å². The summed E-state index contributed by atoms with van der Waals surface area (Å²) in [4.78, 5) is 26.3. The number of aliphatic hydroxyl groups excluding tert-OH is 2. The zero-order valence-corrected chi connectivity index (χ0v) is 46.8. The van der Waals surface area contributed by atoms with Gasteiger partial charge >= 0.3 is 5.97 Å². The predicted octanol–water partition coefficient (Wildman–Crippen LogP) is 18.8. The van der Waals surface area contributed by atoms with Crippen LogP contribution in [0, 0.1) is 0 Å². The summed E-state index contributed by atoms with van der Waals surface area (Å²) in [6.45, 7) is 6.33. The topological polar surface area (TPSA) is 95.9 Å². The van der Waals surface area contributed by atoms with Crippen molar-refractivity contribution in [1.29, 1.82) is 0 Å². The van der Waals surface area contributed by atoms with Crippen molar-refractivity contribution in [2.24, 2.45) is 0 Å². The number of nitrogens with one attached hydrogen (secondary N) is 1. The lowest BCUT2D eigenvalue weighted by molar-refractivity contribution is -0.150. The molecular formula is C66H111NO5. The van der Waals surface area contributed by atoms with Gasteiger partial charge in [0.2, 0.25) is 5.91 Å². The van der Waals surface area contributed by atoms with Gasteiger partial charge in [-0.2, -0.15) is 0 Å². The summed E-state index contributed by atoms with van der Waals surface area (Å²) >= 11 is 0. The molecule has 3 N–H and O–H groups in total. The highest BCUT2D eigenvalue weighted by atomic mass is 16.5. The van der Waals surface area contributed by atoms with Gasteiger partial charge in [0.25, 0.3) is 0 Å². The molecule has 0 aliphatic rings. The first kappa shape index (κ1) is 68.3. The molecule has 3 unspecified atom stereocenters. The molecule has 1 amide bonds. The van der Waals surface area contributed by atoms with Crippen LogP contribution in [0.4, 0.5) is 0 Å². The van der Waals surface area contributed by atoms with E-state index >= 15 is 0 Å². The summed E-state index contributed by atoms with van der Waals surface area (Å²) < 4.78 is 5.89. The van der Waals surface area contributed by atoms with Crippen molar-refractivity contribution in [2.75, 3.05) is 6.61 Å². The van der Waals surface area contributed by atoms with Gasteiger partial charge < -0.3 is 20.3 Å². The summed E-state index contributed by atoms with van der Waals surface area (Å²) in [6.07, 6.45) is 81.3. The molecule has 410 valence electrons. The summed E-state index contributed by atoms with van der Waals surface area (Å²) in [7, 11) is 0. The van der Waals surface area contributed by atoms with E-state index in [9.17, 15) is 19.8 Å². The second kappa shape index (κ2) is 58.2. The van der Waals surface area contributed by atoms with Gasteiger partial charge in [-0.3, -0.25) is 9.59 Å². The monoisotopic (exact) mass is 998 g/mol. The lowest BCUT2D eigenvalue weighted by Crippen LogP contribution is -2.46. The first-order chi connectivity index (χ1) is 35.5. The van der Waals surface area contributed by atoms with Crippen LogP contribution >= 0.6 is 0 Å². The van der Waals surface area contributed by atoms with E-state index in [1.807, 2.05) is 6.08 Å². The molecule has 0 spiro atoms. The first-order valence-electron chi connectivity index (χ1n) is 29.8. The molecule has 0 aliphatic carbocycles. The van der Waals surface area contributed by atoms with E-state index in [1.54, 1.807) is 0 Å². The third-order valence-corrected chi connectivity index (χ3v) is 12.8. The second-order valence-electron chi connectivity index (χ2n) is 19.7. The van der Waals surface area contributed by atoms with Crippen molar-refractivity contribution in [3.8, 4) is 0 Å². The third kappa shape index (κ3) is 52.6. The average Bonchev–Trinajstić information content (AvgIpc) is 3.37. The average molecular weight is 999 g/mol. The number of rotatable bonds is 52. The number of carbonyl (C=O) groups excluding carboxylic acids is 2. The number of esters is 1. The van der Waals surface area contributed by atoms with Crippen molar-refractivity contribution in [3.05, 3.63) is 122 Å². The first-order valence-corrected chi connectivity index (χ1v) is 29.8. The number of carbonyl (C=O) groups is 2. The minimum absolute atomic E-state index is 0.00259. The lowest BCUT2D eigenvalue weighted by Gasteiger charge is -2.24. The van der Waals surface area contributed by atoms with E-state index in [-0.39, 0.29) is 31.3 Å². The highest BCUT2D eigenvalue weighted by molar-refractivity contribution is 5.77. The number of hydrogen-bond acceptors (Lipinski definition) is 5. The minimum atomic E-state index is -0.824. The molecule has 3 atom stereocenters. The SMILES string of the molecule is CC/C=C\C/C=C\C/C=C\C/C=C\C/C=C\C/C=C\CCC(=O)OC(CCC/C=C\C/C=C\C/C=C\C/C=C\CCCCC)CC(=O)NC(CO)C(O)CCCCCCCCCCCCCCCCCCC. The Balaban J connectivity index is 4.77. The van der Waals surface area contributed by atoms with E-state index in [2.05, 4.69) is 142 Å². The van der Waals surface area contributed by atoms with Crippen LogP contribution in [0.25, 0.3) is 0 Å². The Morgan fingerprint density at radius 1 is 0.417 bits per heavy atom. The summed E-state index contributed by atoms with van der Waals surface area (Å²) in [5, 5.41) is 23.9. The van der Waals surface area contributed by atoms with Crippen LogP contribution < -0.4 is 5.32 Å². The van der Waals surface area contributed by atoms with Crippen molar-refractivity contribution >= 4 is 11.9 Å². The summed E-state index contributed by atoms with van der Waals surface area (Å²) in [5.74, 6) is -0.634. The maximum Gasteiger partial charge on any atom is 0.306 e. The van der Waals surface area contributed by atoms with Gasteiger partial charge in [0.05, 0.1) is 25.2 Å². The molecule has 0 aliphatic heterocycles. The Morgan fingerprint density at radius 3 is 1.17 bits per heavy atom. The molecule has 0 aromatic rings. The van der Waals surface area contributed by atoms with Crippen LogP contribution in [0.3, 0.4) is 0 Å². The molecule has 0 radical (unpaired) electrons. The Labute approximate surface area is 444 Å². The molecular weight excluding hydrogens is 887 g/mol. The minimum Gasteiger partial charge on any atom is -0.462 e. The Morgan fingerprint density at radius 2 is 0.764 bits per heavy atom. The molecule has 0 bridgehead atoms. The smallest absolute Gasteiger partial charge is 0.306 e. The molecule has 6 nitrogen and oxygen atoms in total. The molecule has 0 heterocycles. The molecule has 6 heteroatoms. The number of unbranched alkanes of at least 4 members (excludes halogenated alkanes) is 20. The highest BCUT2D eigenvalue weighted by Gasteiger charge is 2.24. The zero-order chi connectivity index (χ0) is 52.3.